The van der Waals surface area contributed by atoms with Gasteiger partial charge in [0, 0.05) is 5.56 Å². The smallest absolute Gasteiger partial charge is 0.354 e. The highest BCUT2D eigenvalue weighted by molar-refractivity contribution is 6.03. The van der Waals surface area contributed by atoms with Crippen LogP contribution in [0.2, 0.25) is 0 Å². The third-order valence-electron chi connectivity index (χ3n) is 4.08. The molecule has 0 saturated heterocycles. The average Bonchev–Trinajstić information content (AvgIpc) is 3.19. The Bertz CT molecular complexity index is 917. The summed E-state index contributed by atoms with van der Waals surface area (Å²) in [6.45, 7) is 4.27. The molecule has 0 unspecified atom stereocenters. The number of ether oxygens (including phenoxy) is 4. The number of carbonyl (C=O) groups excluding carboxylic acids is 2. The van der Waals surface area contributed by atoms with Crippen molar-refractivity contribution in [3.05, 3.63) is 59.3 Å². The summed E-state index contributed by atoms with van der Waals surface area (Å²) in [7, 11) is 1.55. The van der Waals surface area contributed by atoms with E-state index in [1.165, 1.54) is 0 Å². The molecule has 1 amide bonds. The van der Waals surface area contributed by atoms with E-state index >= 15 is 0 Å². The third kappa shape index (κ3) is 5.28. The second kappa shape index (κ2) is 9.14. The minimum atomic E-state index is -0.613. The topological polar surface area (TPSA) is 83.1 Å². The van der Waals surface area contributed by atoms with Crippen LogP contribution in [-0.2, 0) is 9.53 Å². The van der Waals surface area contributed by atoms with Crippen LogP contribution in [0.5, 0.6) is 17.2 Å². The monoisotopic (exact) mass is 397 g/mol. The van der Waals surface area contributed by atoms with Crippen LogP contribution in [0.4, 0.5) is 0 Å². The summed E-state index contributed by atoms with van der Waals surface area (Å²) in [4.78, 5) is 25.2. The van der Waals surface area contributed by atoms with Crippen molar-refractivity contribution in [1.82, 2.24) is 5.32 Å². The number of methoxy groups -OCH3 is 1. The number of hydrogen-bond acceptors (Lipinski definition) is 6. The SMILES string of the molecule is COc1ccc(C(=O)NC(=Cc2ccc3c(c2)OCO3)C(=O)OCC(C)C)cc1. The van der Waals surface area contributed by atoms with E-state index in [1.807, 2.05) is 13.8 Å². The fourth-order valence-electron chi connectivity index (χ4n) is 2.57. The fraction of sp³-hybridized carbons (Fsp3) is 0.273. The van der Waals surface area contributed by atoms with Gasteiger partial charge in [0.05, 0.1) is 13.7 Å². The molecule has 2 aromatic rings. The molecule has 0 fully saturated rings. The van der Waals surface area contributed by atoms with E-state index in [9.17, 15) is 9.59 Å². The second-order valence-electron chi connectivity index (χ2n) is 6.85. The Morgan fingerprint density at radius 3 is 2.52 bits per heavy atom. The van der Waals surface area contributed by atoms with Crippen molar-refractivity contribution in [3.8, 4) is 17.2 Å². The molecule has 0 radical (unpaired) electrons. The van der Waals surface area contributed by atoms with Gasteiger partial charge < -0.3 is 24.3 Å². The van der Waals surface area contributed by atoms with Gasteiger partial charge >= 0.3 is 5.97 Å². The van der Waals surface area contributed by atoms with Crippen molar-refractivity contribution in [2.75, 3.05) is 20.5 Å². The maximum Gasteiger partial charge on any atom is 0.354 e. The molecule has 0 aromatic heterocycles. The molecule has 0 bridgehead atoms. The Hall–Kier alpha value is -3.48. The molecule has 0 aliphatic carbocycles. The first-order valence-electron chi connectivity index (χ1n) is 9.20. The summed E-state index contributed by atoms with van der Waals surface area (Å²) in [6.07, 6.45) is 1.55. The molecule has 1 aliphatic heterocycles. The summed E-state index contributed by atoms with van der Waals surface area (Å²) >= 11 is 0. The van der Waals surface area contributed by atoms with Gasteiger partial charge in [-0.25, -0.2) is 4.79 Å². The quantitative estimate of drug-likeness (QED) is 0.570. The van der Waals surface area contributed by atoms with E-state index in [0.717, 1.165) is 0 Å². The number of esters is 1. The molecule has 3 rings (SSSR count). The predicted molar refractivity (Wildman–Crippen MR) is 107 cm³/mol. The molecule has 7 nitrogen and oxygen atoms in total. The van der Waals surface area contributed by atoms with Crippen molar-refractivity contribution < 1.29 is 28.5 Å². The van der Waals surface area contributed by atoms with Crippen LogP contribution in [0.3, 0.4) is 0 Å². The molecule has 0 spiro atoms. The average molecular weight is 397 g/mol. The van der Waals surface area contributed by atoms with Gasteiger partial charge in [0.1, 0.15) is 11.4 Å². The van der Waals surface area contributed by atoms with Gasteiger partial charge in [-0.1, -0.05) is 19.9 Å². The minimum absolute atomic E-state index is 0.0327. The Morgan fingerprint density at radius 2 is 1.83 bits per heavy atom. The highest BCUT2D eigenvalue weighted by atomic mass is 16.7. The Labute approximate surface area is 169 Å². The number of hydrogen-bond donors (Lipinski definition) is 1. The van der Waals surface area contributed by atoms with E-state index in [1.54, 1.807) is 55.7 Å². The zero-order valence-corrected chi connectivity index (χ0v) is 16.6. The molecule has 7 heteroatoms. The normalized spacial score (nSPS) is 12.6. The fourth-order valence-corrected chi connectivity index (χ4v) is 2.57. The molecular weight excluding hydrogens is 374 g/mol. The Balaban J connectivity index is 1.83. The van der Waals surface area contributed by atoms with Crippen molar-refractivity contribution in [2.45, 2.75) is 13.8 Å². The van der Waals surface area contributed by atoms with Crippen LogP contribution in [-0.4, -0.2) is 32.4 Å². The molecule has 152 valence electrons. The van der Waals surface area contributed by atoms with Crippen molar-refractivity contribution in [1.29, 1.82) is 0 Å². The third-order valence-corrected chi connectivity index (χ3v) is 4.08. The van der Waals surface area contributed by atoms with Crippen LogP contribution in [0, 0.1) is 5.92 Å². The maximum absolute atomic E-state index is 12.6. The van der Waals surface area contributed by atoms with Gasteiger partial charge in [0.2, 0.25) is 6.79 Å². The number of amides is 1. The molecule has 1 N–H and O–H groups in total. The van der Waals surface area contributed by atoms with Crippen LogP contribution < -0.4 is 19.5 Å². The van der Waals surface area contributed by atoms with E-state index in [2.05, 4.69) is 5.32 Å². The van der Waals surface area contributed by atoms with Gasteiger partial charge in [0.25, 0.3) is 5.91 Å². The molecule has 1 heterocycles. The van der Waals surface area contributed by atoms with E-state index in [-0.39, 0.29) is 25.0 Å². The maximum atomic E-state index is 12.6. The standard InChI is InChI=1S/C22H23NO6/c1-14(2)12-27-22(25)18(10-15-4-9-19-20(11-15)29-13-28-19)23-21(24)16-5-7-17(26-3)8-6-16/h4-11,14H,12-13H2,1-3H3,(H,23,24). The van der Waals surface area contributed by atoms with Gasteiger partial charge in [-0.15, -0.1) is 0 Å². The summed E-state index contributed by atoms with van der Waals surface area (Å²) in [5.41, 5.74) is 1.09. The lowest BCUT2D eigenvalue weighted by Crippen LogP contribution is -2.29. The van der Waals surface area contributed by atoms with E-state index < -0.39 is 11.9 Å². The van der Waals surface area contributed by atoms with E-state index in [0.29, 0.717) is 28.4 Å². The lowest BCUT2D eigenvalue weighted by molar-refractivity contribution is -0.140. The summed E-state index contributed by atoms with van der Waals surface area (Å²) in [5.74, 6) is 0.972. The molecule has 0 saturated carbocycles. The van der Waals surface area contributed by atoms with Crippen molar-refractivity contribution >= 4 is 18.0 Å². The molecule has 2 aromatic carbocycles. The van der Waals surface area contributed by atoms with Crippen LogP contribution in [0.25, 0.3) is 6.08 Å². The Morgan fingerprint density at radius 1 is 1.10 bits per heavy atom. The number of fused-ring (bicyclic) bond motifs is 1. The first-order valence-corrected chi connectivity index (χ1v) is 9.20. The van der Waals surface area contributed by atoms with Gasteiger partial charge in [-0.2, -0.15) is 0 Å². The first kappa shape index (κ1) is 20.3. The number of rotatable bonds is 7. The summed E-state index contributed by atoms with van der Waals surface area (Å²) in [5, 5.41) is 2.65. The zero-order valence-electron chi connectivity index (χ0n) is 16.6. The van der Waals surface area contributed by atoms with Crippen molar-refractivity contribution in [2.24, 2.45) is 5.92 Å². The van der Waals surface area contributed by atoms with Crippen LogP contribution >= 0.6 is 0 Å². The number of carbonyl (C=O) groups is 2. The van der Waals surface area contributed by atoms with Gasteiger partial charge in [-0.05, 0) is 54.0 Å². The molecule has 29 heavy (non-hydrogen) atoms. The summed E-state index contributed by atoms with van der Waals surface area (Å²) in [6, 6.07) is 11.8. The van der Waals surface area contributed by atoms with Gasteiger partial charge in [-0.3, -0.25) is 4.79 Å². The van der Waals surface area contributed by atoms with Crippen LogP contribution in [0.15, 0.2) is 48.2 Å². The predicted octanol–water partition coefficient (Wildman–Crippen LogP) is 3.39. The molecule has 1 aliphatic rings. The highest BCUT2D eigenvalue weighted by Crippen LogP contribution is 2.33. The van der Waals surface area contributed by atoms with Crippen LogP contribution in [0.1, 0.15) is 29.8 Å². The Kier molecular flexibility index (Phi) is 6.39. The lowest BCUT2D eigenvalue weighted by atomic mass is 10.1. The van der Waals surface area contributed by atoms with Gasteiger partial charge in [0.15, 0.2) is 11.5 Å². The number of nitrogens with one attached hydrogen (secondary N) is 1. The highest BCUT2D eigenvalue weighted by Gasteiger charge is 2.18. The minimum Gasteiger partial charge on any atom is -0.497 e. The molecule has 0 atom stereocenters. The molecular formula is C22H23NO6. The lowest BCUT2D eigenvalue weighted by Gasteiger charge is -2.12. The zero-order chi connectivity index (χ0) is 20.8. The van der Waals surface area contributed by atoms with E-state index in [4.69, 9.17) is 18.9 Å². The largest absolute Gasteiger partial charge is 0.497 e. The summed E-state index contributed by atoms with van der Waals surface area (Å²) < 4.78 is 21.1. The second-order valence-corrected chi connectivity index (χ2v) is 6.85. The first-order chi connectivity index (χ1) is 14.0. The van der Waals surface area contributed by atoms with Crippen molar-refractivity contribution in [3.63, 3.8) is 0 Å². The number of benzene rings is 2.